The first kappa shape index (κ1) is 18.2. The molecule has 130 valence electrons. The van der Waals surface area contributed by atoms with E-state index in [9.17, 15) is 9.59 Å². The summed E-state index contributed by atoms with van der Waals surface area (Å²) in [6, 6.07) is 2.11. The Hall–Kier alpha value is -2.13. The number of aromatic amines is 1. The predicted molar refractivity (Wildman–Crippen MR) is 92.5 cm³/mol. The number of amides is 1. The summed E-state index contributed by atoms with van der Waals surface area (Å²) >= 11 is 0. The van der Waals surface area contributed by atoms with E-state index >= 15 is 0 Å². The lowest BCUT2D eigenvalue weighted by molar-refractivity contribution is -0.122. The summed E-state index contributed by atoms with van der Waals surface area (Å²) < 4.78 is 0. The molecule has 1 aliphatic rings. The highest BCUT2D eigenvalue weighted by Gasteiger charge is 2.25. The van der Waals surface area contributed by atoms with Gasteiger partial charge in [0.05, 0.1) is 0 Å². The molecule has 1 heterocycles. The number of nitrogens with two attached hydrogens (primary N) is 1. The molecule has 1 fully saturated rings. The Labute approximate surface area is 142 Å². The summed E-state index contributed by atoms with van der Waals surface area (Å²) in [7, 11) is 0. The average Bonchev–Trinajstić information content (AvgIpc) is 2.55. The number of hydrogen-bond acceptors (Lipinski definition) is 4. The normalized spacial score (nSPS) is 20.4. The van der Waals surface area contributed by atoms with Gasteiger partial charge in [0.2, 0.25) is 5.91 Å². The molecule has 0 aromatic carbocycles. The number of rotatable bonds is 5. The third kappa shape index (κ3) is 4.04. The monoisotopic (exact) mass is 330 g/mol. The lowest BCUT2D eigenvalue weighted by Crippen LogP contribution is -2.44. The maximum Gasteiger partial charge on any atom is 0.266 e. The summed E-state index contributed by atoms with van der Waals surface area (Å²) in [5, 5.41) is 12.2. The van der Waals surface area contributed by atoms with Crippen LogP contribution in [0, 0.1) is 31.1 Å². The van der Waals surface area contributed by atoms with Crippen molar-refractivity contribution in [2.75, 3.05) is 6.54 Å². The highest BCUT2D eigenvalue weighted by Crippen LogP contribution is 2.23. The van der Waals surface area contributed by atoms with Gasteiger partial charge in [0.1, 0.15) is 11.6 Å². The van der Waals surface area contributed by atoms with Crippen molar-refractivity contribution in [2.24, 2.45) is 11.7 Å². The van der Waals surface area contributed by atoms with Gasteiger partial charge < -0.3 is 16.0 Å². The van der Waals surface area contributed by atoms with Crippen LogP contribution in [0.3, 0.4) is 0 Å². The van der Waals surface area contributed by atoms with Gasteiger partial charge in [-0.05, 0) is 56.7 Å². The first-order valence-electron chi connectivity index (χ1n) is 8.59. The molecule has 2 rings (SSSR count). The van der Waals surface area contributed by atoms with Crippen LogP contribution in [-0.4, -0.2) is 23.5 Å². The van der Waals surface area contributed by atoms with Crippen molar-refractivity contribution < 1.29 is 4.79 Å². The molecular weight excluding hydrogens is 304 g/mol. The van der Waals surface area contributed by atoms with Gasteiger partial charge >= 0.3 is 0 Å². The van der Waals surface area contributed by atoms with Crippen molar-refractivity contribution in [1.82, 2.24) is 10.3 Å². The van der Waals surface area contributed by atoms with E-state index in [1.54, 1.807) is 13.8 Å². The summed E-state index contributed by atoms with van der Waals surface area (Å²) in [6.07, 6.45) is 5.22. The van der Waals surface area contributed by atoms with Crippen molar-refractivity contribution in [2.45, 2.75) is 58.4 Å². The topological polar surface area (TPSA) is 112 Å². The molecule has 1 aliphatic carbocycles. The second-order valence-corrected chi connectivity index (χ2v) is 6.62. The van der Waals surface area contributed by atoms with Crippen LogP contribution in [0.15, 0.2) is 4.79 Å². The van der Waals surface area contributed by atoms with E-state index < -0.39 is 0 Å². The zero-order valence-electron chi connectivity index (χ0n) is 14.4. The smallest absolute Gasteiger partial charge is 0.266 e. The Kier molecular flexibility index (Phi) is 6.16. The molecule has 1 aromatic rings. The number of carbonyl (C=O) groups excluding carboxylic acids is 1. The van der Waals surface area contributed by atoms with Gasteiger partial charge in [0, 0.05) is 18.2 Å². The van der Waals surface area contributed by atoms with Crippen LogP contribution in [0.1, 0.15) is 54.5 Å². The average molecular weight is 330 g/mol. The maximum absolute atomic E-state index is 12.3. The minimum atomic E-state index is -0.367. The van der Waals surface area contributed by atoms with E-state index in [0.29, 0.717) is 30.9 Å². The summed E-state index contributed by atoms with van der Waals surface area (Å²) in [6.45, 7) is 4.17. The summed E-state index contributed by atoms with van der Waals surface area (Å²) in [5.41, 5.74) is 7.84. The lowest BCUT2D eigenvalue weighted by Gasteiger charge is -2.31. The molecule has 6 nitrogen and oxygen atoms in total. The van der Waals surface area contributed by atoms with Gasteiger partial charge in [0.15, 0.2) is 0 Å². The zero-order chi connectivity index (χ0) is 17.7. The highest BCUT2D eigenvalue weighted by molar-refractivity contribution is 5.76. The van der Waals surface area contributed by atoms with E-state index in [2.05, 4.69) is 10.3 Å². The van der Waals surface area contributed by atoms with Crippen LogP contribution < -0.4 is 16.6 Å². The second kappa shape index (κ2) is 8.11. The molecule has 0 radical (unpaired) electrons. The Balaban J connectivity index is 2.02. The third-order valence-corrected chi connectivity index (χ3v) is 5.08. The number of aryl methyl sites for hydroxylation is 1. The quantitative estimate of drug-likeness (QED) is 0.758. The van der Waals surface area contributed by atoms with Crippen LogP contribution in [0.4, 0.5) is 0 Å². The van der Waals surface area contributed by atoms with Crippen LogP contribution in [0.2, 0.25) is 0 Å². The predicted octanol–water partition coefficient (Wildman–Crippen LogP) is 1.43. The van der Waals surface area contributed by atoms with Gasteiger partial charge in [-0.2, -0.15) is 5.26 Å². The number of carbonyl (C=O) groups is 1. The van der Waals surface area contributed by atoms with Crippen LogP contribution in [0.5, 0.6) is 0 Å². The standard InChI is InChI=1S/C18H26N4O2/c1-11-14(12(2)21-18(24)15(11)10-20)7-8-17(23)22-16-6-4-3-5-13(16)9-19/h13,16H,3-9,19H2,1-2H3,(H,21,24)(H,22,23). The van der Waals surface area contributed by atoms with Gasteiger partial charge in [-0.15, -0.1) is 0 Å². The highest BCUT2D eigenvalue weighted by atomic mass is 16.1. The number of nitrogens with zero attached hydrogens (tertiary/aromatic N) is 1. The number of nitrogens with one attached hydrogen (secondary N) is 2. The maximum atomic E-state index is 12.3. The molecule has 4 N–H and O–H groups in total. The molecule has 2 atom stereocenters. The Morgan fingerprint density at radius 2 is 2.08 bits per heavy atom. The van der Waals surface area contributed by atoms with Crippen LogP contribution in [0.25, 0.3) is 0 Å². The number of pyridine rings is 1. The van der Waals surface area contributed by atoms with Gasteiger partial charge in [-0.25, -0.2) is 0 Å². The number of H-pyrrole nitrogens is 1. The van der Waals surface area contributed by atoms with Gasteiger partial charge in [0.25, 0.3) is 5.56 Å². The fourth-order valence-electron chi connectivity index (χ4n) is 3.62. The number of aromatic nitrogens is 1. The van der Waals surface area contributed by atoms with E-state index in [1.807, 2.05) is 6.07 Å². The molecule has 0 spiro atoms. The molecule has 6 heteroatoms. The van der Waals surface area contributed by atoms with E-state index in [4.69, 9.17) is 11.0 Å². The van der Waals surface area contributed by atoms with Crippen molar-refractivity contribution in [3.05, 3.63) is 32.7 Å². The third-order valence-electron chi connectivity index (χ3n) is 5.08. The number of nitriles is 1. The van der Waals surface area contributed by atoms with Crippen molar-refractivity contribution in [3.8, 4) is 6.07 Å². The minimum absolute atomic E-state index is 0.00357. The van der Waals surface area contributed by atoms with Crippen LogP contribution in [-0.2, 0) is 11.2 Å². The molecule has 1 aromatic heterocycles. The molecule has 0 bridgehead atoms. The molecule has 1 saturated carbocycles. The minimum Gasteiger partial charge on any atom is -0.353 e. The first-order valence-corrected chi connectivity index (χ1v) is 8.59. The Morgan fingerprint density at radius 3 is 2.75 bits per heavy atom. The van der Waals surface area contributed by atoms with E-state index in [-0.39, 0.29) is 23.1 Å². The van der Waals surface area contributed by atoms with Gasteiger partial charge in [-0.1, -0.05) is 12.8 Å². The SMILES string of the molecule is Cc1[nH]c(=O)c(C#N)c(C)c1CCC(=O)NC1CCCCC1CN. The second-order valence-electron chi connectivity index (χ2n) is 6.62. The molecule has 1 amide bonds. The summed E-state index contributed by atoms with van der Waals surface area (Å²) in [5.74, 6) is 0.369. The molecule has 24 heavy (non-hydrogen) atoms. The largest absolute Gasteiger partial charge is 0.353 e. The Bertz CT molecular complexity index is 702. The van der Waals surface area contributed by atoms with Gasteiger partial charge in [-0.3, -0.25) is 9.59 Å². The molecule has 0 aliphatic heterocycles. The van der Waals surface area contributed by atoms with Crippen molar-refractivity contribution in [1.29, 1.82) is 5.26 Å². The van der Waals surface area contributed by atoms with Crippen LogP contribution >= 0.6 is 0 Å². The summed E-state index contributed by atoms with van der Waals surface area (Å²) in [4.78, 5) is 26.7. The van der Waals surface area contributed by atoms with E-state index in [1.165, 1.54) is 6.42 Å². The fraction of sp³-hybridized carbons (Fsp3) is 0.611. The lowest BCUT2D eigenvalue weighted by atomic mass is 9.84. The molecule has 0 saturated heterocycles. The molecule has 2 unspecified atom stereocenters. The fourth-order valence-corrected chi connectivity index (χ4v) is 3.62. The van der Waals surface area contributed by atoms with Crippen molar-refractivity contribution >= 4 is 5.91 Å². The molecular formula is C18H26N4O2. The Morgan fingerprint density at radius 1 is 1.38 bits per heavy atom. The zero-order valence-corrected chi connectivity index (χ0v) is 14.4. The first-order chi connectivity index (χ1) is 11.5. The van der Waals surface area contributed by atoms with E-state index in [0.717, 1.165) is 30.5 Å². The number of hydrogen-bond donors (Lipinski definition) is 3. The van der Waals surface area contributed by atoms with Crippen molar-refractivity contribution in [3.63, 3.8) is 0 Å².